The van der Waals surface area contributed by atoms with Gasteiger partial charge >= 0.3 is 0 Å². The third-order valence-electron chi connectivity index (χ3n) is 0. The van der Waals surface area contributed by atoms with Crippen molar-refractivity contribution in [2.24, 2.45) is 5.84 Å². The van der Waals surface area contributed by atoms with Crippen molar-refractivity contribution >= 4 is 0 Å². The number of hydrogen-bond donors (Lipinski definition) is 2. The predicted molar refractivity (Wildman–Crippen MR) is 11.6 cm³/mol. The van der Waals surface area contributed by atoms with Gasteiger partial charge in [0.25, 0.3) is 0 Å². The van der Waals surface area contributed by atoms with Crippen LogP contribution in [0.5, 0.6) is 0 Å². The molecule has 0 saturated carbocycles. The first-order valence-electron chi connectivity index (χ1n) is 0.539. The van der Waals surface area contributed by atoms with Gasteiger partial charge < -0.3 is 11.4 Å². The Balaban J connectivity index is 0. The molecule has 0 spiro atoms. The van der Waals surface area contributed by atoms with Crippen molar-refractivity contribution in [2.45, 2.75) is 0 Å². The van der Waals surface area contributed by atoms with Gasteiger partial charge in [-0.05, 0) is 0 Å². The Labute approximate surface area is 38.9 Å². The summed E-state index contributed by atoms with van der Waals surface area (Å²) in [6.07, 6.45) is 0. The van der Waals surface area contributed by atoms with Gasteiger partial charge in [0.05, 0.1) is 0 Å². The largest absolute Gasteiger partial charge is 0.598 e. The molecule has 4 N–H and O–H groups in total. The number of nitrogens with one attached hydrogen (secondary N) is 2. The molecule has 0 bridgehead atoms. The molecule has 0 aliphatic heterocycles. The molecule has 0 aromatic carbocycles. The SMILES string of the molecule is [Mo].[NH-]NN. The Morgan fingerprint density at radius 3 is 1.75 bits per heavy atom. The van der Waals surface area contributed by atoms with Crippen LogP contribution in [0.25, 0.3) is 5.84 Å². The van der Waals surface area contributed by atoms with E-state index in [0.717, 1.165) is 0 Å². The molecule has 0 heterocycles. The molecule has 0 radical (unpaired) electrons. The first-order valence-corrected chi connectivity index (χ1v) is 0.539. The van der Waals surface area contributed by atoms with Crippen molar-refractivity contribution in [3.05, 3.63) is 5.84 Å². The molecule has 26 valence electrons. The molecule has 0 atom stereocenters. The summed E-state index contributed by atoms with van der Waals surface area (Å²) in [5.74, 6) is 10.0. The summed E-state index contributed by atoms with van der Waals surface area (Å²) < 4.78 is 0. The van der Waals surface area contributed by atoms with Crippen LogP contribution < -0.4 is 11.4 Å². The molecular formula is H4MoN3-. The van der Waals surface area contributed by atoms with Crippen LogP contribution in [-0.4, -0.2) is 0 Å². The maximum atomic E-state index is 5.74. The van der Waals surface area contributed by atoms with Crippen molar-refractivity contribution in [1.29, 1.82) is 0 Å². The van der Waals surface area contributed by atoms with Crippen LogP contribution in [0, 0.1) is 0 Å². The third-order valence-corrected chi connectivity index (χ3v) is 0. The summed E-state index contributed by atoms with van der Waals surface area (Å²) >= 11 is 0. The van der Waals surface area contributed by atoms with Gasteiger partial charge in [-0.25, -0.2) is 0 Å². The van der Waals surface area contributed by atoms with E-state index in [1.54, 1.807) is 0 Å². The van der Waals surface area contributed by atoms with E-state index >= 15 is 0 Å². The van der Waals surface area contributed by atoms with Crippen molar-refractivity contribution in [3.63, 3.8) is 0 Å². The van der Waals surface area contributed by atoms with E-state index in [2.05, 4.69) is 5.84 Å². The summed E-state index contributed by atoms with van der Waals surface area (Å²) in [5.41, 5.74) is 1.50. The zero-order chi connectivity index (χ0) is 2.71. The molecular weight excluding hydrogens is 138 g/mol. The number of nitrogens with two attached hydrogens (primary N) is 1. The van der Waals surface area contributed by atoms with Crippen LogP contribution in [0.15, 0.2) is 0 Å². The van der Waals surface area contributed by atoms with Gasteiger partial charge in [-0.3, -0.25) is 5.84 Å². The molecule has 4 heavy (non-hydrogen) atoms. The van der Waals surface area contributed by atoms with Crippen LogP contribution in [0.1, 0.15) is 0 Å². The van der Waals surface area contributed by atoms with Crippen LogP contribution in [0.4, 0.5) is 0 Å². The second-order valence-electron chi connectivity index (χ2n) is 0.144. The molecule has 0 aromatic heterocycles. The Morgan fingerprint density at radius 2 is 1.75 bits per heavy atom. The van der Waals surface area contributed by atoms with Crippen molar-refractivity contribution < 1.29 is 21.1 Å². The summed E-state index contributed by atoms with van der Waals surface area (Å²) in [6.45, 7) is 0. The molecule has 0 aliphatic rings. The summed E-state index contributed by atoms with van der Waals surface area (Å²) in [4.78, 5) is 0. The minimum Gasteiger partial charge on any atom is -0.598 e. The van der Waals surface area contributed by atoms with Crippen LogP contribution in [0.3, 0.4) is 0 Å². The first-order chi connectivity index (χ1) is 1.41. The van der Waals surface area contributed by atoms with E-state index in [1.807, 2.05) is 0 Å². The number of hydrogen-bond acceptors (Lipinski definition) is 2. The number of rotatable bonds is 0. The molecule has 3 nitrogen and oxygen atoms in total. The monoisotopic (exact) mass is 144 g/mol. The number of hydrazine groups is 1. The normalized spacial score (nSPS) is 4.50. The van der Waals surface area contributed by atoms with Gasteiger partial charge in [0.2, 0.25) is 0 Å². The summed E-state index contributed by atoms with van der Waals surface area (Å²) in [6, 6.07) is 0. The van der Waals surface area contributed by atoms with Crippen molar-refractivity contribution in [2.75, 3.05) is 0 Å². The van der Waals surface area contributed by atoms with Crippen LogP contribution >= 0.6 is 0 Å². The minimum absolute atomic E-state index is 0. The third kappa shape index (κ3) is 19.6. The van der Waals surface area contributed by atoms with E-state index in [4.69, 9.17) is 5.84 Å². The van der Waals surface area contributed by atoms with Crippen molar-refractivity contribution in [1.82, 2.24) is 5.53 Å². The van der Waals surface area contributed by atoms with Crippen molar-refractivity contribution in [3.8, 4) is 0 Å². The van der Waals surface area contributed by atoms with E-state index < -0.39 is 0 Å². The Morgan fingerprint density at radius 1 is 1.75 bits per heavy atom. The van der Waals surface area contributed by atoms with Gasteiger partial charge in [0, 0.05) is 21.1 Å². The van der Waals surface area contributed by atoms with Crippen LogP contribution in [0.2, 0.25) is 0 Å². The Kier molecular flexibility index (Phi) is 21.1. The van der Waals surface area contributed by atoms with E-state index in [0.29, 0.717) is 0 Å². The molecule has 0 amide bonds. The molecule has 0 aliphatic carbocycles. The van der Waals surface area contributed by atoms with Gasteiger partial charge in [-0.15, -0.1) is 0 Å². The molecule has 0 fully saturated rings. The second kappa shape index (κ2) is 9.57. The van der Waals surface area contributed by atoms with E-state index in [-0.39, 0.29) is 21.1 Å². The van der Waals surface area contributed by atoms with Crippen LogP contribution in [-0.2, 0) is 21.1 Å². The van der Waals surface area contributed by atoms with E-state index in [9.17, 15) is 0 Å². The molecule has 0 unspecified atom stereocenters. The summed E-state index contributed by atoms with van der Waals surface area (Å²) in [7, 11) is 0. The quantitative estimate of drug-likeness (QED) is 0.270. The molecule has 0 saturated heterocycles. The molecule has 4 heteroatoms. The van der Waals surface area contributed by atoms with Gasteiger partial charge in [-0.2, -0.15) is 0 Å². The van der Waals surface area contributed by atoms with Gasteiger partial charge in [0.15, 0.2) is 0 Å². The Bertz CT molecular complexity index is 3.25. The molecule has 0 aromatic rings. The summed E-state index contributed by atoms with van der Waals surface area (Å²) in [5, 5.41) is 0. The fourth-order valence-corrected chi connectivity index (χ4v) is 0. The zero-order valence-corrected chi connectivity index (χ0v) is 3.99. The average molecular weight is 142 g/mol. The average Bonchev–Trinajstić information content (AvgIpc) is 0.918. The predicted octanol–water partition coefficient (Wildman–Crippen LogP) is -0.586. The fraction of sp³-hybridized carbons (Fsp3) is 0. The van der Waals surface area contributed by atoms with Gasteiger partial charge in [-0.1, -0.05) is 0 Å². The Hall–Kier alpha value is 0.568. The van der Waals surface area contributed by atoms with E-state index in [1.165, 1.54) is 5.53 Å². The fourth-order valence-electron chi connectivity index (χ4n) is 0. The topological polar surface area (TPSA) is 61.8 Å². The standard InChI is InChI=1S/Mo.H4N3/c;1-3-2/h;1,3H,2H2/q;-1. The smallest absolute Gasteiger partial charge is 0 e. The second-order valence-corrected chi connectivity index (χ2v) is 0.144. The maximum absolute atomic E-state index is 5.74. The first kappa shape index (κ1) is 8.82. The zero-order valence-electron chi connectivity index (χ0n) is 1.99. The minimum atomic E-state index is 0. The van der Waals surface area contributed by atoms with Gasteiger partial charge in [0.1, 0.15) is 0 Å². The molecule has 0 rings (SSSR count). The maximum Gasteiger partial charge on any atom is 0 e.